The number of ether oxygens (including phenoxy) is 9. The zero-order valence-electron chi connectivity index (χ0n) is 38.0. The molecule has 16 heteroatoms. The van der Waals surface area contributed by atoms with Crippen molar-refractivity contribution in [2.45, 2.75) is 72.6 Å². The van der Waals surface area contributed by atoms with Crippen LogP contribution in [0.2, 0.25) is 0 Å². The number of rotatable bonds is 26. The van der Waals surface area contributed by atoms with Gasteiger partial charge in [0.2, 0.25) is 0 Å². The molecule has 0 N–H and O–H groups in total. The molecular weight excluding hydrogens is 848 g/mol. The summed E-state index contributed by atoms with van der Waals surface area (Å²) in [4.78, 5) is 75.4. The van der Waals surface area contributed by atoms with Gasteiger partial charge in [0.05, 0.1) is 18.6 Å². The van der Waals surface area contributed by atoms with Gasteiger partial charge in [-0.25, -0.2) is 33.2 Å². The highest BCUT2D eigenvalue weighted by atomic mass is 19.1. The van der Waals surface area contributed by atoms with Crippen LogP contribution in [0, 0.1) is 11.2 Å². The van der Waals surface area contributed by atoms with E-state index < -0.39 is 60.3 Å². The molecule has 0 fully saturated rings. The van der Waals surface area contributed by atoms with Crippen molar-refractivity contribution >= 4 is 35.8 Å². The number of benzene rings is 3. The molecule has 0 atom stereocenters. The third-order valence-corrected chi connectivity index (χ3v) is 9.93. The van der Waals surface area contributed by atoms with Crippen molar-refractivity contribution in [1.29, 1.82) is 0 Å². The Kier molecular flexibility index (Phi) is 22.0. The van der Waals surface area contributed by atoms with E-state index in [4.69, 9.17) is 42.6 Å². The highest BCUT2D eigenvalue weighted by Crippen LogP contribution is 2.43. The van der Waals surface area contributed by atoms with E-state index in [2.05, 4.69) is 20.1 Å². The molecule has 352 valence electrons. The van der Waals surface area contributed by atoms with Crippen molar-refractivity contribution in [3.63, 3.8) is 0 Å². The summed E-state index contributed by atoms with van der Waals surface area (Å²) in [7, 11) is 2.78. The standard InChI is InChI=1S/C49H59FO15/c1-9-11-12-13-14-15-34-16-21-37(40(50)26-34)39-28-41(64-43(51)32(3)4)38(27-42(39)65-44(52)33(5)6)35-17-19-36(20-18-35)61-29-49(10-2,30-62-47(55)45(53)59-24-22-57-7)31-63-48(56)46(54)60-25-23-58-8/h16-21,26-28H,3,5,9-15,22-25,29-31H2,1-2,4,6-8H3. The summed E-state index contributed by atoms with van der Waals surface area (Å²) in [5.41, 5.74) is 0.669. The Balaban J connectivity index is 2.00. The van der Waals surface area contributed by atoms with E-state index in [1.807, 2.05) is 6.07 Å². The van der Waals surface area contributed by atoms with Gasteiger partial charge in [-0.05, 0) is 74.6 Å². The Labute approximate surface area is 379 Å². The second-order valence-corrected chi connectivity index (χ2v) is 15.2. The van der Waals surface area contributed by atoms with Gasteiger partial charge in [0.1, 0.15) is 56.1 Å². The Hall–Kier alpha value is -6.39. The molecule has 0 amide bonds. The SMILES string of the molecule is C=C(C)C(=O)Oc1cc(-c2ccc(CCCCCCC)cc2F)c(OC(=O)C(=C)C)cc1-c1ccc(OCC(CC)(COC(=O)C(=O)OCCOC)COC(=O)C(=O)OCCOC)cc1. The summed E-state index contributed by atoms with van der Waals surface area (Å²) in [5.74, 6) is -7.02. The topological polar surface area (TPSA) is 185 Å². The van der Waals surface area contributed by atoms with Gasteiger partial charge in [-0.3, -0.25) is 0 Å². The maximum atomic E-state index is 16.0. The monoisotopic (exact) mass is 906 g/mol. The minimum absolute atomic E-state index is 0.00585. The van der Waals surface area contributed by atoms with Gasteiger partial charge in [0.25, 0.3) is 0 Å². The van der Waals surface area contributed by atoms with Gasteiger partial charge in [-0.1, -0.05) is 77.0 Å². The Morgan fingerprint density at radius 2 is 1.08 bits per heavy atom. The van der Waals surface area contributed by atoms with Crippen LogP contribution in [-0.2, 0) is 63.6 Å². The van der Waals surface area contributed by atoms with Crippen LogP contribution in [0.3, 0.4) is 0 Å². The first-order valence-electron chi connectivity index (χ1n) is 21.2. The summed E-state index contributed by atoms with van der Waals surface area (Å²) in [5, 5.41) is 0. The van der Waals surface area contributed by atoms with E-state index in [1.165, 1.54) is 46.3 Å². The van der Waals surface area contributed by atoms with Crippen molar-refractivity contribution in [1.82, 2.24) is 0 Å². The van der Waals surface area contributed by atoms with Gasteiger partial charge >= 0.3 is 35.8 Å². The van der Waals surface area contributed by atoms with E-state index in [0.29, 0.717) is 12.0 Å². The fourth-order valence-electron chi connectivity index (χ4n) is 5.91. The number of hydrogen-bond acceptors (Lipinski definition) is 15. The molecule has 0 aliphatic rings. The predicted molar refractivity (Wildman–Crippen MR) is 236 cm³/mol. The Morgan fingerprint density at radius 1 is 0.569 bits per heavy atom. The maximum absolute atomic E-state index is 16.0. The molecule has 0 saturated heterocycles. The van der Waals surface area contributed by atoms with Gasteiger partial charge in [0.15, 0.2) is 0 Å². The van der Waals surface area contributed by atoms with Crippen LogP contribution in [0.15, 0.2) is 78.9 Å². The van der Waals surface area contributed by atoms with Crippen molar-refractivity contribution in [3.8, 4) is 39.5 Å². The van der Waals surface area contributed by atoms with E-state index in [-0.39, 0.29) is 84.5 Å². The molecule has 65 heavy (non-hydrogen) atoms. The summed E-state index contributed by atoms with van der Waals surface area (Å²) in [6, 6.07) is 14.1. The number of carbonyl (C=O) groups excluding carboxylic acids is 6. The predicted octanol–water partition coefficient (Wildman–Crippen LogP) is 7.88. The molecule has 0 bridgehead atoms. The van der Waals surface area contributed by atoms with Gasteiger partial charge in [0, 0.05) is 42.1 Å². The molecule has 3 rings (SSSR count). The van der Waals surface area contributed by atoms with E-state index >= 15 is 4.39 Å². The van der Waals surface area contributed by atoms with Crippen LogP contribution < -0.4 is 14.2 Å². The average molecular weight is 907 g/mol. The lowest BCUT2D eigenvalue weighted by Gasteiger charge is -2.31. The summed E-state index contributed by atoms with van der Waals surface area (Å²) in [6.07, 6.45) is 6.15. The molecule has 0 heterocycles. The lowest BCUT2D eigenvalue weighted by atomic mass is 9.88. The zero-order valence-corrected chi connectivity index (χ0v) is 38.0. The molecule has 15 nitrogen and oxygen atoms in total. The second-order valence-electron chi connectivity index (χ2n) is 15.2. The molecular formula is C49H59FO15. The van der Waals surface area contributed by atoms with Crippen LogP contribution >= 0.6 is 0 Å². The number of carbonyl (C=O) groups is 6. The van der Waals surface area contributed by atoms with Crippen molar-refractivity contribution in [3.05, 3.63) is 90.3 Å². The Morgan fingerprint density at radius 3 is 1.57 bits per heavy atom. The van der Waals surface area contributed by atoms with E-state index in [9.17, 15) is 28.8 Å². The number of esters is 6. The fraction of sp³-hybridized carbons (Fsp3) is 0.429. The highest BCUT2D eigenvalue weighted by molar-refractivity contribution is 6.30. The third kappa shape index (κ3) is 16.9. The first-order valence-corrected chi connectivity index (χ1v) is 21.2. The van der Waals surface area contributed by atoms with Crippen LogP contribution in [0.4, 0.5) is 4.39 Å². The normalized spacial score (nSPS) is 10.9. The number of unbranched alkanes of at least 4 members (excludes halogenated alkanes) is 4. The van der Waals surface area contributed by atoms with E-state index in [1.54, 1.807) is 37.3 Å². The van der Waals surface area contributed by atoms with Gasteiger partial charge in [-0.2, -0.15) is 0 Å². The largest absolute Gasteiger partial charge is 0.493 e. The lowest BCUT2D eigenvalue weighted by Crippen LogP contribution is -2.41. The quantitative estimate of drug-likeness (QED) is 0.0189. The molecule has 0 saturated carbocycles. The molecule has 3 aromatic rings. The third-order valence-electron chi connectivity index (χ3n) is 9.93. The molecule has 0 aliphatic heterocycles. The molecule has 0 aromatic heterocycles. The van der Waals surface area contributed by atoms with Gasteiger partial charge in [-0.15, -0.1) is 0 Å². The molecule has 0 unspecified atom stereocenters. The summed E-state index contributed by atoms with van der Waals surface area (Å²) in [6.45, 7) is 12.6. The first kappa shape index (κ1) is 53.0. The fourth-order valence-corrected chi connectivity index (χ4v) is 5.91. The lowest BCUT2D eigenvalue weighted by molar-refractivity contribution is -0.176. The van der Waals surface area contributed by atoms with Crippen molar-refractivity contribution in [2.24, 2.45) is 5.41 Å². The average Bonchev–Trinajstić information content (AvgIpc) is 3.29. The smallest absolute Gasteiger partial charge is 0.417 e. The van der Waals surface area contributed by atoms with Crippen LogP contribution in [0.25, 0.3) is 22.3 Å². The molecule has 0 radical (unpaired) electrons. The van der Waals surface area contributed by atoms with Crippen molar-refractivity contribution < 1.29 is 75.8 Å². The molecule has 3 aromatic carbocycles. The number of aryl methyl sites for hydroxylation is 1. The number of halogens is 1. The van der Waals surface area contributed by atoms with Gasteiger partial charge < -0.3 is 42.6 Å². The minimum atomic E-state index is -1.32. The summed E-state index contributed by atoms with van der Waals surface area (Å²) >= 11 is 0. The zero-order chi connectivity index (χ0) is 47.9. The minimum Gasteiger partial charge on any atom is -0.493 e. The molecule has 0 aliphatic carbocycles. The Bertz CT molecular complexity index is 2110. The molecule has 0 spiro atoms. The van der Waals surface area contributed by atoms with Crippen LogP contribution in [-0.4, -0.2) is 96.3 Å². The van der Waals surface area contributed by atoms with Crippen LogP contribution in [0.1, 0.15) is 71.8 Å². The first-order chi connectivity index (χ1) is 31.1. The van der Waals surface area contributed by atoms with Crippen LogP contribution in [0.5, 0.6) is 17.2 Å². The number of methoxy groups -OCH3 is 2. The number of hydrogen-bond donors (Lipinski definition) is 0. The second kappa shape index (κ2) is 27.1. The van der Waals surface area contributed by atoms with Crippen molar-refractivity contribution in [2.75, 3.05) is 60.5 Å². The summed E-state index contributed by atoms with van der Waals surface area (Å²) < 4.78 is 63.4. The van der Waals surface area contributed by atoms with E-state index in [0.717, 1.165) is 37.7 Å². The highest BCUT2D eigenvalue weighted by Gasteiger charge is 2.36. The maximum Gasteiger partial charge on any atom is 0.417 e.